The molecule has 0 spiro atoms. The average molecular weight is 420 g/mol. The topological polar surface area (TPSA) is 61.4 Å². The van der Waals surface area contributed by atoms with E-state index in [1.807, 2.05) is 30.5 Å². The first-order valence-corrected chi connectivity index (χ1v) is 9.42. The van der Waals surface area contributed by atoms with E-state index in [0.29, 0.717) is 27.7 Å². The first-order chi connectivity index (χ1) is 13.3. The third-order valence-electron chi connectivity index (χ3n) is 4.46. The smallest absolute Gasteiger partial charge is 0.310 e. The Labute approximate surface area is 172 Å². The number of furan rings is 1. The lowest BCUT2D eigenvalue weighted by Gasteiger charge is -2.08. The first kappa shape index (κ1) is 20.2. The molecule has 0 amide bonds. The Morgan fingerprint density at radius 1 is 1.11 bits per heavy atom. The average Bonchev–Trinajstić information content (AvgIpc) is 3.26. The number of hydrogen-bond acceptors (Lipinski definition) is 4. The van der Waals surface area contributed by atoms with Crippen LogP contribution in [0.25, 0.3) is 0 Å². The summed E-state index contributed by atoms with van der Waals surface area (Å²) in [6.45, 7) is 4.00. The monoisotopic (exact) mass is 419 g/mol. The normalized spacial score (nSPS) is 10.9. The molecule has 0 atom stereocenters. The summed E-state index contributed by atoms with van der Waals surface area (Å²) in [5.74, 6) is 0.0475. The van der Waals surface area contributed by atoms with Gasteiger partial charge in [0.05, 0.1) is 29.3 Å². The third kappa shape index (κ3) is 4.66. The van der Waals surface area contributed by atoms with Crippen molar-refractivity contribution in [2.45, 2.75) is 26.8 Å². The maximum Gasteiger partial charge on any atom is 0.310 e. The Bertz CT molecular complexity index is 1010. The van der Waals surface area contributed by atoms with Crippen molar-refractivity contribution in [3.05, 3.63) is 81.0 Å². The highest BCUT2D eigenvalue weighted by Gasteiger charge is 2.18. The number of aromatic nitrogens is 1. The van der Waals surface area contributed by atoms with E-state index >= 15 is 0 Å². The number of ketones is 1. The van der Waals surface area contributed by atoms with Crippen molar-refractivity contribution in [1.29, 1.82) is 0 Å². The second kappa shape index (κ2) is 8.67. The van der Waals surface area contributed by atoms with E-state index in [9.17, 15) is 9.59 Å². The number of ether oxygens (including phenoxy) is 1. The fourth-order valence-electron chi connectivity index (χ4n) is 2.98. The van der Waals surface area contributed by atoms with Gasteiger partial charge in [-0.3, -0.25) is 9.59 Å². The molecule has 3 rings (SSSR count). The zero-order chi connectivity index (χ0) is 20.3. The van der Waals surface area contributed by atoms with E-state index < -0.39 is 5.97 Å². The zero-order valence-corrected chi connectivity index (χ0v) is 17.0. The summed E-state index contributed by atoms with van der Waals surface area (Å²) in [6, 6.07) is 10.4. The van der Waals surface area contributed by atoms with Gasteiger partial charge in [0.1, 0.15) is 5.76 Å². The number of esters is 1. The number of hydrogen-bond donors (Lipinski definition) is 0. The van der Waals surface area contributed by atoms with Crippen molar-refractivity contribution in [1.82, 2.24) is 4.57 Å². The van der Waals surface area contributed by atoms with Gasteiger partial charge in [-0.25, -0.2) is 0 Å². The minimum absolute atomic E-state index is 0.0156. The number of benzene rings is 1. The number of carbonyl (C=O) groups excluding carboxylic acids is 2. The van der Waals surface area contributed by atoms with Gasteiger partial charge < -0.3 is 13.7 Å². The molecular formula is C21H19Cl2NO4. The van der Waals surface area contributed by atoms with E-state index in [-0.39, 0.29) is 18.8 Å². The Morgan fingerprint density at radius 3 is 2.57 bits per heavy atom. The van der Waals surface area contributed by atoms with Gasteiger partial charge in [0.2, 0.25) is 5.78 Å². The van der Waals surface area contributed by atoms with Gasteiger partial charge in [0, 0.05) is 17.0 Å². The van der Waals surface area contributed by atoms with E-state index in [1.165, 1.54) is 0 Å². The summed E-state index contributed by atoms with van der Waals surface area (Å²) in [7, 11) is 0. The SMILES string of the molecule is Cc1cc(C(=O)COC(=O)Cc2ccc(Cl)c(Cl)c2)c(C)n1Cc1ccco1. The van der Waals surface area contributed by atoms with Crippen molar-refractivity contribution < 1.29 is 18.7 Å². The summed E-state index contributed by atoms with van der Waals surface area (Å²) in [6.07, 6.45) is 1.63. The molecule has 3 aromatic rings. The van der Waals surface area contributed by atoms with E-state index in [2.05, 4.69) is 0 Å². The molecule has 7 heteroatoms. The molecule has 1 aromatic carbocycles. The van der Waals surface area contributed by atoms with Gasteiger partial charge >= 0.3 is 5.97 Å². The molecule has 2 aromatic heterocycles. The van der Waals surface area contributed by atoms with Crippen molar-refractivity contribution in [3.63, 3.8) is 0 Å². The number of rotatable bonds is 7. The predicted molar refractivity (Wildman–Crippen MR) is 107 cm³/mol. The molecule has 5 nitrogen and oxygen atoms in total. The highest BCUT2D eigenvalue weighted by Crippen LogP contribution is 2.23. The van der Waals surface area contributed by atoms with Gasteiger partial charge in [-0.15, -0.1) is 0 Å². The molecule has 0 bridgehead atoms. The second-order valence-corrected chi connectivity index (χ2v) is 7.27. The summed E-state index contributed by atoms with van der Waals surface area (Å²) in [4.78, 5) is 24.6. The standard InChI is InChI=1S/C21H19Cl2NO4/c1-13-8-17(14(2)24(13)11-16-4-3-7-27-16)20(25)12-28-21(26)10-15-5-6-18(22)19(23)9-15/h3-9H,10-12H2,1-2H3. The van der Waals surface area contributed by atoms with Crippen LogP contribution < -0.4 is 0 Å². The molecule has 0 aliphatic rings. The maximum absolute atomic E-state index is 12.5. The summed E-state index contributed by atoms with van der Waals surface area (Å²) in [5, 5.41) is 0.783. The molecule has 28 heavy (non-hydrogen) atoms. The minimum Gasteiger partial charge on any atom is -0.467 e. The van der Waals surface area contributed by atoms with Gasteiger partial charge in [0.15, 0.2) is 6.61 Å². The first-order valence-electron chi connectivity index (χ1n) is 8.67. The fraction of sp³-hybridized carbons (Fsp3) is 0.238. The van der Waals surface area contributed by atoms with Crippen molar-refractivity contribution in [2.75, 3.05) is 6.61 Å². The molecule has 0 radical (unpaired) electrons. The Hall–Kier alpha value is -2.50. The third-order valence-corrected chi connectivity index (χ3v) is 5.20. The minimum atomic E-state index is -0.504. The van der Waals surface area contributed by atoms with Gasteiger partial charge in [-0.2, -0.15) is 0 Å². The molecule has 2 heterocycles. The van der Waals surface area contributed by atoms with Crippen LogP contribution in [0, 0.1) is 13.8 Å². The molecule has 0 saturated heterocycles. The summed E-state index contributed by atoms with van der Waals surface area (Å²) < 4.78 is 12.5. The van der Waals surface area contributed by atoms with Crippen LogP contribution in [-0.2, 0) is 22.5 Å². The number of aryl methyl sites for hydroxylation is 1. The van der Waals surface area contributed by atoms with Crippen molar-refractivity contribution in [2.24, 2.45) is 0 Å². The lowest BCUT2D eigenvalue weighted by atomic mass is 10.1. The number of nitrogens with zero attached hydrogens (tertiary/aromatic N) is 1. The largest absolute Gasteiger partial charge is 0.467 e. The molecule has 0 N–H and O–H groups in total. The summed E-state index contributed by atoms with van der Waals surface area (Å²) in [5.41, 5.74) is 2.94. The van der Waals surface area contributed by atoms with Gasteiger partial charge in [-0.1, -0.05) is 29.3 Å². The molecule has 0 aliphatic heterocycles. The Morgan fingerprint density at radius 2 is 1.89 bits per heavy atom. The molecule has 0 unspecified atom stereocenters. The number of carbonyl (C=O) groups is 2. The van der Waals surface area contributed by atoms with E-state index in [0.717, 1.165) is 17.1 Å². The van der Waals surface area contributed by atoms with Crippen LogP contribution in [0.15, 0.2) is 47.1 Å². The van der Waals surface area contributed by atoms with Crippen molar-refractivity contribution in [3.8, 4) is 0 Å². The van der Waals surface area contributed by atoms with Crippen LogP contribution >= 0.6 is 23.2 Å². The van der Waals surface area contributed by atoms with E-state index in [4.69, 9.17) is 32.4 Å². The predicted octanol–water partition coefficient (Wildman–Crippen LogP) is 5.02. The molecule has 0 aliphatic carbocycles. The molecule has 0 saturated carbocycles. The molecular weight excluding hydrogens is 401 g/mol. The van der Waals surface area contributed by atoms with Gasteiger partial charge in [-0.05, 0) is 49.7 Å². The van der Waals surface area contributed by atoms with Crippen LogP contribution in [0.2, 0.25) is 10.0 Å². The van der Waals surface area contributed by atoms with Gasteiger partial charge in [0.25, 0.3) is 0 Å². The fourth-order valence-corrected chi connectivity index (χ4v) is 3.30. The highest BCUT2D eigenvalue weighted by atomic mass is 35.5. The Kier molecular flexibility index (Phi) is 6.27. The van der Waals surface area contributed by atoms with Crippen LogP contribution in [0.4, 0.5) is 0 Å². The van der Waals surface area contributed by atoms with Crippen molar-refractivity contribution >= 4 is 35.0 Å². The zero-order valence-electron chi connectivity index (χ0n) is 15.5. The van der Waals surface area contributed by atoms with Crippen LogP contribution in [0.3, 0.4) is 0 Å². The second-order valence-electron chi connectivity index (χ2n) is 6.46. The Balaban J connectivity index is 1.61. The lowest BCUT2D eigenvalue weighted by molar-refractivity contribution is -0.141. The molecule has 0 fully saturated rings. The van der Waals surface area contributed by atoms with Crippen LogP contribution in [0.5, 0.6) is 0 Å². The summed E-state index contributed by atoms with van der Waals surface area (Å²) >= 11 is 11.8. The van der Waals surface area contributed by atoms with Crippen LogP contribution in [0.1, 0.15) is 33.1 Å². The molecule has 146 valence electrons. The number of Topliss-reactive ketones (excluding diaryl/α,β-unsaturated/α-hetero) is 1. The highest BCUT2D eigenvalue weighted by molar-refractivity contribution is 6.42. The quantitative estimate of drug-likeness (QED) is 0.398. The van der Waals surface area contributed by atoms with Crippen LogP contribution in [-0.4, -0.2) is 22.9 Å². The van der Waals surface area contributed by atoms with E-state index in [1.54, 1.807) is 30.5 Å². The number of halogens is 2. The maximum atomic E-state index is 12.5. The lowest BCUT2D eigenvalue weighted by Crippen LogP contribution is -2.16.